The first-order valence-electron chi connectivity index (χ1n) is 7.38. The minimum atomic E-state index is -1.65. The van der Waals surface area contributed by atoms with E-state index in [2.05, 4.69) is 15.8 Å². The molecule has 140 valence electrons. The third-order valence-corrected chi connectivity index (χ3v) is 3.51. The van der Waals surface area contributed by atoms with Gasteiger partial charge in [0, 0.05) is 13.1 Å². The Balaban J connectivity index is 2.39. The van der Waals surface area contributed by atoms with Crippen LogP contribution in [0.4, 0.5) is 0 Å². The number of nitrogens with zero attached hydrogens (tertiary/aromatic N) is 1. The number of aliphatic carboxylic acids is 1. The Morgan fingerprint density at radius 1 is 1.17 bits per heavy atom. The highest BCUT2D eigenvalue weighted by atomic mass is 16.6. The van der Waals surface area contributed by atoms with E-state index < -0.39 is 42.7 Å². The smallest absolute Gasteiger partial charge is 0.322 e. The second kappa shape index (κ2) is 9.68. The molecule has 1 saturated heterocycles. The highest BCUT2D eigenvalue weighted by molar-refractivity contribution is 5.75. The Hall–Kier alpha value is -1.54. The number of nitrogens with one attached hydrogen (secondary N) is 2. The van der Waals surface area contributed by atoms with Crippen molar-refractivity contribution in [2.45, 2.75) is 49.6 Å². The van der Waals surface area contributed by atoms with Gasteiger partial charge in [-0.25, -0.2) is 5.43 Å². The molecule has 11 N–H and O–H groups in total. The summed E-state index contributed by atoms with van der Waals surface area (Å²) in [5.41, 5.74) is 15.4. The van der Waals surface area contributed by atoms with Crippen LogP contribution in [0.2, 0.25) is 0 Å². The van der Waals surface area contributed by atoms with Crippen LogP contribution in [0, 0.1) is 0 Å². The number of hydrogen-bond acceptors (Lipinski definition) is 9. The van der Waals surface area contributed by atoms with Gasteiger partial charge in [0.05, 0.1) is 0 Å². The third-order valence-electron chi connectivity index (χ3n) is 3.51. The van der Waals surface area contributed by atoms with Crippen LogP contribution in [-0.2, 0) is 9.53 Å². The number of ether oxygens (including phenoxy) is 1. The van der Waals surface area contributed by atoms with Gasteiger partial charge in [-0.2, -0.15) is 0 Å². The number of aliphatic hydroxyl groups is 4. The summed E-state index contributed by atoms with van der Waals surface area (Å²) in [7, 11) is 0. The van der Waals surface area contributed by atoms with Gasteiger partial charge in [-0.3, -0.25) is 15.2 Å². The van der Waals surface area contributed by atoms with Gasteiger partial charge in [-0.05, 0) is 12.8 Å². The first kappa shape index (κ1) is 20.5. The van der Waals surface area contributed by atoms with E-state index in [-0.39, 0.29) is 25.5 Å². The van der Waals surface area contributed by atoms with Crippen LogP contribution in [0.1, 0.15) is 12.8 Å². The lowest BCUT2D eigenvalue weighted by Crippen LogP contribution is -2.61. The lowest BCUT2D eigenvalue weighted by molar-refractivity contribution is -0.280. The van der Waals surface area contributed by atoms with Crippen molar-refractivity contribution in [1.82, 2.24) is 10.9 Å². The molecule has 1 fully saturated rings. The van der Waals surface area contributed by atoms with Crippen LogP contribution in [0.25, 0.3) is 0 Å². The molecule has 6 atom stereocenters. The minimum absolute atomic E-state index is 0.0734. The van der Waals surface area contributed by atoms with Crippen LogP contribution in [0.5, 0.6) is 0 Å². The van der Waals surface area contributed by atoms with E-state index in [0.717, 1.165) is 0 Å². The van der Waals surface area contributed by atoms with Gasteiger partial charge in [0.15, 0.2) is 12.2 Å². The molecular formula is C12H25N5O7. The summed E-state index contributed by atoms with van der Waals surface area (Å²) in [4.78, 5) is 14.9. The largest absolute Gasteiger partial charge is 0.480 e. The average Bonchev–Trinajstić information content (AvgIpc) is 2.51. The maximum Gasteiger partial charge on any atom is 0.322 e. The number of hydrazine groups is 1. The van der Waals surface area contributed by atoms with Gasteiger partial charge in [-0.1, -0.05) is 0 Å². The number of aliphatic imine (C=N–C) groups is 1. The van der Waals surface area contributed by atoms with Crippen LogP contribution >= 0.6 is 0 Å². The molecule has 24 heavy (non-hydrogen) atoms. The first-order chi connectivity index (χ1) is 11.2. The topological polar surface area (TPSA) is 216 Å². The van der Waals surface area contributed by atoms with Crippen LogP contribution in [0.3, 0.4) is 0 Å². The third kappa shape index (κ3) is 6.16. The summed E-state index contributed by atoms with van der Waals surface area (Å²) in [5, 5.41) is 47.2. The summed E-state index contributed by atoms with van der Waals surface area (Å²) in [6, 6.07) is -0.944. The fourth-order valence-corrected chi connectivity index (χ4v) is 2.14. The van der Waals surface area contributed by atoms with Crippen molar-refractivity contribution < 1.29 is 35.1 Å². The first-order valence-corrected chi connectivity index (χ1v) is 7.38. The standard InChI is InChI=1S/C12H25N5O7/c13-12(14)15-3-1-2-5(10(21)22)17-16-4-6-7(18)8(19)9(20)11(23)24-6/h5-9,11,16-20,23H,1-4H2,(H,21,22)(H4,13,14,15)/t5-,6+,7+,8-,9-,11-/m0/s1. The van der Waals surface area contributed by atoms with E-state index in [1.807, 2.05) is 0 Å². The van der Waals surface area contributed by atoms with Gasteiger partial charge in [0.2, 0.25) is 0 Å². The molecule has 0 aromatic carbocycles. The zero-order valence-electron chi connectivity index (χ0n) is 12.9. The average molecular weight is 351 g/mol. The van der Waals surface area contributed by atoms with E-state index in [1.165, 1.54) is 0 Å². The second-order valence-corrected chi connectivity index (χ2v) is 5.40. The zero-order valence-corrected chi connectivity index (χ0v) is 12.9. The number of nitrogens with two attached hydrogens (primary N) is 2. The maximum atomic E-state index is 11.1. The van der Waals surface area contributed by atoms with Crippen LogP contribution in [-0.4, -0.2) is 87.3 Å². The lowest BCUT2D eigenvalue weighted by atomic mass is 9.99. The number of hydrogen-bond donors (Lipinski definition) is 9. The molecule has 0 spiro atoms. The second-order valence-electron chi connectivity index (χ2n) is 5.40. The van der Waals surface area contributed by atoms with E-state index in [1.54, 1.807) is 0 Å². The van der Waals surface area contributed by atoms with Gasteiger partial charge in [-0.15, -0.1) is 0 Å². The van der Waals surface area contributed by atoms with Crippen molar-refractivity contribution in [3.05, 3.63) is 0 Å². The number of guanidine groups is 1. The number of carboxylic acids is 1. The molecule has 12 heteroatoms. The summed E-state index contributed by atoms with van der Waals surface area (Å²) >= 11 is 0. The maximum absolute atomic E-state index is 11.1. The molecular weight excluding hydrogens is 326 g/mol. The fourth-order valence-electron chi connectivity index (χ4n) is 2.14. The molecule has 1 aliphatic rings. The molecule has 0 amide bonds. The minimum Gasteiger partial charge on any atom is -0.480 e. The normalized spacial score (nSPS) is 31.4. The molecule has 0 aromatic heterocycles. The number of carbonyl (C=O) groups is 1. The van der Waals surface area contributed by atoms with Crippen LogP contribution in [0.15, 0.2) is 4.99 Å². The Morgan fingerprint density at radius 2 is 1.83 bits per heavy atom. The van der Waals surface area contributed by atoms with Crippen molar-refractivity contribution in [3.63, 3.8) is 0 Å². The summed E-state index contributed by atoms with van der Waals surface area (Å²) in [5.74, 6) is -1.18. The molecule has 0 aromatic rings. The molecule has 1 rings (SSSR count). The monoisotopic (exact) mass is 351 g/mol. The molecule has 1 heterocycles. The van der Waals surface area contributed by atoms with E-state index in [9.17, 15) is 25.2 Å². The number of rotatable bonds is 9. The molecule has 0 bridgehead atoms. The van der Waals surface area contributed by atoms with Crippen molar-refractivity contribution >= 4 is 11.9 Å². The Bertz CT molecular complexity index is 434. The fraction of sp³-hybridized carbons (Fsp3) is 0.833. The Morgan fingerprint density at radius 3 is 2.42 bits per heavy atom. The molecule has 0 radical (unpaired) electrons. The molecule has 0 aliphatic carbocycles. The van der Waals surface area contributed by atoms with Gasteiger partial charge < -0.3 is 41.7 Å². The summed E-state index contributed by atoms with van der Waals surface area (Å²) in [6.07, 6.45) is -6.66. The van der Waals surface area contributed by atoms with Gasteiger partial charge in [0.1, 0.15) is 30.5 Å². The van der Waals surface area contributed by atoms with Crippen molar-refractivity contribution in [2.24, 2.45) is 16.5 Å². The van der Waals surface area contributed by atoms with Gasteiger partial charge >= 0.3 is 5.97 Å². The van der Waals surface area contributed by atoms with Crippen LogP contribution < -0.4 is 22.3 Å². The van der Waals surface area contributed by atoms with Crippen molar-refractivity contribution in [1.29, 1.82) is 0 Å². The highest BCUT2D eigenvalue weighted by Crippen LogP contribution is 2.19. The van der Waals surface area contributed by atoms with Crippen molar-refractivity contribution in [2.75, 3.05) is 13.1 Å². The quantitative estimate of drug-likeness (QED) is 0.0833. The highest BCUT2D eigenvalue weighted by Gasteiger charge is 2.42. The molecule has 0 saturated carbocycles. The molecule has 0 unspecified atom stereocenters. The van der Waals surface area contributed by atoms with Gasteiger partial charge in [0.25, 0.3) is 0 Å². The lowest BCUT2D eigenvalue weighted by Gasteiger charge is -2.38. The summed E-state index contributed by atoms with van der Waals surface area (Å²) in [6.45, 7) is 0.175. The number of aliphatic hydroxyl groups excluding tert-OH is 4. The van der Waals surface area contributed by atoms with E-state index in [4.69, 9.17) is 21.3 Å². The summed E-state index contributed by atoms with van der Waals surface area (Å²) < 4.78 is 4.95. The zero-order chi connectivity index (χ0) is 18.3. The van der Waals surface area contributed by atoms with Crippen molar-refractivity contribution in [3.8, 4) is 0 Å². The Labute approximate surface area is 138 Å². The predicted octanol–water partition coefficient (Wildman–Crippen LogP) is -4.61. The molecule has 1 aliphatic heterocycles. The number of carboxylic acid groups (broad SMARTS) is 1. The van der Waals surface area contributed by atoms with E-state index in [0.29, 0.717) is 6.42 Å². The predicted molar refractivity (Wildman–Crippen MR) is 81.4 cm³/mol. The molecule has 12 nitrogen and oxygen atoms in total. The van der Waals surface area contributed by atoms with E-state index >= 15 is 0 Å². The Kier molecular flexibility index (Phi) is 8.27. The SMILES string of the molecule is NC(N)=NCCC[C@H](NNC[C@H]1O[C@H](O)[C@@H](O)[C@@H](O)[C@@H]1O)C(=O)O.